The van der Waals surface area contributed by atoms with Gasteiger partial charge in [-0.25, -0.2) is 4.98 Å². The van der Waals surface area contributed by atoms with Gasteiger partial charge < -0.3 is 4.90 Å². The molecule has 6 nitrogen and oxygen atoms in total. The first-order valence-electron chi connectivity index (χ1n) is 12.4. The minimum atomic E-state index is -0.0267. The Hall–Kier alpha value is -3.17. The summed E-state index contributed by atoms with van der Waals surface area (Å²) in [5.41, 5.74) is 4.98. The van der Waals surface area contributed by atoms with Gasteiger partial charge in [0.05, 0.1) is 21.5 Å². The predicted molar refractivity (Wildman–Crippen MR) is 157 cm³/mol. The van der Waals surface area contributed by atoms with E-state index in [1.807, 2.05) is 57.3 Å². The summed E-state index contributed by atoms with van der Waals surface area (Å²) in [6.07, 6.45) is 1.48. The van der Waals surface area contributed by atoms with E-state index in [0.29, 0.717) is 41.0 Å². The van der Waals surface area contributed by atoms with E-state index in [-0.39, 0.29) is 5.91 Å². The SMILES string of the molecule is O=C(c1csc(CSc2nnc(Cc3ccccc3)n2-c2ccc(Cl)c(Cl)c2)n1)N1CCc2ccccc2C1. The number of carbonyl (C=O) groups is 1. The maximum atomic E-state index is 13.2. The van der Waals surface area contributed by atoms with Crippen LogP contribution < -0.4 is 0 Å². The molecule has 0 saturated heterocycles. The minimum Gasteiger partial charge on any atom is -0.333 e. The van der Waals surface area contributed by atoms with Gasteiger partial charge in [-0.05, 0) is 41.3 Å². The molecule has 3 aromatic carbocycles. The number of hydrogen-bond acceptors (Lipinski definition) is 6. The van der Waals surface area contributed by atoms with Gasteiger partial charge in [0.2, 0.25) is 0 Å². The Morgan fingerprint density at radius 2 is 1.74 bits per heavy atom. The molecule has 196 valence electrons. The second kappa shape index (κ2) is 11.5. The van der Waals surface area contributed by atoms with Crippen LogP contribution in [0.5, 0.6) is 0 Å². The fourth-order valence-electron chi connectivity index (χ4n) is 4.60. The monoisotopic (exact) mass is 591 g/mol. The van der Waals surface area contributed by atoms with Crippen LogP contribution in [0.15, 0.2) is 83.3 Å². The fourth-order valence-corrected chi connectivity index (χ4v) is 6.65. The number of benzene rings is 3. The Morgan fingerprint density at radius 3 is 2.56 bits per heavy atom. The number of rotatable bonds is 7. The Bertz CT molecular complexity index is 1640. The molecule has 3 heterocycles. The van der Waals surface area contributed by atoms with E-state index in [0.717, 1.165) is 33.7 Å². The Balaban J connectivity index is 1.20. The zero-order valence-corrected chi connectivity index (χ0v) is 23.9. The average Bonchev–Trinajstić information content (AvgIpc) is 3.60. The van der Waals surface area contributed by atoms with Crippen molar-refractivity contribution in [1.82, 2.24) is 24.6 Å². The van der Waals surface area contributed by atoms with E-state index in [1.54, 1.807) is 6.07 Å². The summed E-state index contributed by atoms with van der Waals surface area (Å²) in [6, 6.07) is 23.9. The smallest absolute Gasteiger partial charge is 0.273 e. The molecular formula is C29H23Cl2N5OS2. The lowest BCUT2D eigenvalue weighted by atomic mass is 10.00. The molecule has 0 radical (unpaired) electrons. The molecule has 1 aliphatic heterocycles. The predicted octanol–water partition coefficient (Wildman–Crippen LogP) is 7.11. The van der Waals surface area contributed by atoms with E-state index in [2.05, 4.69) is 39.4 Å². The van der Waals surface area contributed by atoms with E-state index in [9.17, 15) is 4.79 Å². The molecule has 39 heavy (non-hydrogen) atoms. The number of thioether (sulfide) groups is 1. The molecule has 0 aliphatic carbocycles. The molecule has 10 heteroatoms. The zero-order chi connectivity index (χ0) is 26.8. The molecule has 0 bridgehead atoms. The summed E-state index contributed by atoms with van der Waals surface area (Å²) in [4.78, 5) is 19.7. The molecule has 0 unspecified atom stereocenters. The normalized spacial score (nSPS) is 12.9. The summed E-state index contributed by atoms with van der Waals surface area (Å²) in [6.45, 7) is 1.32. The highest BCUT2D eigenvalue weighted by atomic mass is 35.5. The Labute approximate surface area is 244 Å². The number of fused-ring (bicyclic) bond motifs is 1. The van der Waals surface area contributed by atoms with Gasteiger partial charge in [-0.2, -0.15) is 0 Å². The number of hydrogen-bond donors (Lipinski definition) is 0. The van der Waals surface area contributed by atoms with Crippen LogP contribution in [0.2, 0.25) is 10.0 Å². The van der Waals surface area contributed by atoms with E-state index >= 15 is 0 Å². The first-order chi connectivity index (χ1) is 19.0. The van der Waals surface area contributed by atoms with Crippen molar-refractivity contribution in [2.24, 2.45) is 0 Å². The molecule has 1 amide bonds. The van der Waals surface area contributed by atoms with E-state index in [4.69, 9.17) is 23.2 Å². The molecule has 1 aliphatic rings. The average molecular weight is 593 g/mol. The molecule has 0 spiro atoms. The van der Waals surface area contributed by atoms with Crippen LogP contribution >= 0.6 is 46.3 Å². The van der Waals surface area contributed by atoms with Crippen LogP contribution in [0.1, 0.15) is 38.0 Å². The fraction of sp³-hybridized carbons (Fsp3) is 0.172. The van der Waals surface area contributed by atoms with Gasteiger partial charge in [-0.15, -0.1) is 21.5 Å². The first-order valence-corrected chi connectivity index (χ1v) is 15.0. The van der Waals surface area contributed by atoms with Gasteiger partial charge in [0.25, 0.3) is 5.91 Å². The highest BCUT2D eigenvalue weighted by molar-refractivity contribution is 7.98. The number of carbonyl (C=O) groups excluding carboxylic acids is 1. The number of halogens is 2. The van der Waals surface area contributed by atoms with Crippen molar-refractivity contribution < 1.29 is 4.79 Å². The first kappa shape index (κ1) is 26.1. The molecule has 0 saturated carbocycles. The lowest BCUT2D eigenvalue weighted by Gasteiger charge is -2.28. The topological polar surface area (TPSA) is 63.9 Å². The lowest BCUT2D eigenvalue weighted by molar-refractivity contribution is 0.0729. The maximum Gasteiger partial charge on any atom is 0.273 e. The molecule has 5 aromatic rings. The van der Waals surface area contributed by atoms with Gasteiger partial charge in [0.1, 0.15) is 16.5 Å². The summed E-state index contributed by atoms with van der Waals surface area (Å²) in [5, 5.41) is 13.4. The highest BCUT2D eigenvalue weighted by Crippen LogP contribution is 2.31. The van der Waals surface area contributed by atoms with Gasteiger partial charge in [0.15, 0.2) is 5.16 Å². The van der Waals surface area contributed by atoms with Gasteiger partial charge in [0, 0.05) is 24.9 Å². The second-order valence-electron chi connectivity index (χ2n) is 9.16. The minimum absolute atomic E-state index is 0.0267. The molecule has 6 rings (SSSR count). The van der Waals surface area contributed by atoms with Crippen molar-refractivity contribution in [2.45, 2.75) is 30.3 Å². The third kappa shape index (κ3) is 5.75. The third-order valence-corrected chi connectivity index (χ3v) is 9.29. The Morgan fingerprint density at radius 1 is 0.949 bits per heavy atom. The van der Waals surface area contributed by atoms with Crippen LogP contribution in [-0.4, -0.2) is 37.1 Å². The van der Waals surface area contributed by atoms with Crippen LogP contribution in [0.3, 0.4) is 0 Å². The molecular weight excluding hydrogens is 569 g/mol. The Kier molecular flexibility index (Phi) is 7.70. The van der Waals surface area contributed by atoms with Crippen LogP contribution in [0, 0.1) is 0 Å². The molecule has 0 fully saturated rings. The van der Waals surface area contributed by atoms with Crippen molar-refractivity contribution in [1.29, 1.82) is 0 Å². The van der Waals surface area contributed by atoms with E-state index in [1.165, 1.54) is 34.2 Å². The van der Waals surface area contributed by atoms with Gasteiger partial charge >= 0.3 is 0 Å². The number of amides is 1. The number of aromatic nitrogens is 4. The van der Waals surface area contributed by atoms with Gasteiger partial charge in [-0.1, -0.05) is 89.6 Å². The van der Waals surface area contributed by atoms with Crippen molar-refractivity contribution >= 4 is 52.2 Å². The maximum absolute atomic E-state index is 13.2. The van der Waals surface area contributed by atoms with Crippen molar-refractivity contribution in [3.8, 4) is 5.69 Å². The standard InChI is InChI=1S/C29H23Cl2N5OS2/c30-23-11-10-22(15-24(23)31)36-26(14-19-6-2-1-3-7-19)33-34-29(36)39-18-27-32-25(17-38-27)28(37)35-13-12-20-8-4-5-9-21(20)16-35/h1-11,15,17H,12-14,16,18H2. The third-order valence-electron chi connectivity index (χ3n) is 6.58. The zero-order valence-electron chi connectivity index (χ0n) is 20.8. The summed E-state index contributed by atoms with van der Waals surface area (Å²) < 4.78 is 2.00. The molecule has 0 atom stereocenters. The summed E-state index contributed by atoms with van der Waals surface area (Å²) >= 11 is 15.6. The van der Waals surface area contributed by atoms with Crippen molar-refractivity contribution in [3.63, 3.8) is 0 Å². The van der Waals surface area contributed by atoms with Crippen LogP contribution in [-0.2, 0) is 25.1 Å². The van der Waals surface area contributed by atoms with E-state index < -0.39 is 0 Å². The van der Waals surface area contributed by atoms with Crippen molar-refractivity contribution in [3.05, 3.63) is 121 Å². The summed E-state index contributed by atoms with van der Waals surface area (Å²) in [5.74, 6) is 1.33. The van der Waals surface area contributed by atoms with Crippen LogP contribution in [0.25, 0.3) is 5.69 Å². The number of nitrogens with zero attached hydrogens (tertiary/aromatic N) is 5. The second-order valence-corrected chi connectivity index (χ2v) is 11.9. The summed E-state index contributed by atoms with van der Waals surface area (Å²) in [7, 11) is 0. The van der Waals surface area contributed by atoms with Crippen LogP contribution in [0.4, 0.5) is 0 Å². The number of thiazole rings is 1. The van der Waals surface area contributed by atoms with Crippen molar-refractivity contribution in [2.75, 3.05) is 6.54 Å². The highest BCUT2D eigenvalue weighted by Gasteiger charge is 2.24. The van der Waals surface area contributed by atoms with Gasteiger partial charge in [-0.3, -0.25) is 9.36 Å². The molecule has 0 N–H and O–H groups in total. The quantitative estimate of drug-likeness (QED) is 0.189. The largest absolute Gasteiger partial charge is 0.333 e. The molecule has 2 aromatic heterocycles. The lowest BCUT2D eigenvalue weighted by Crippen LogP contribution is -2.36.